The molecule has 3 amide bonds. The number of aryl methyl sites for hydroxylation is 1. The first-order valence-electron chi connectivity index (χ1n) is 7.73. The second kappa shape index (κ2) is 8.29. The molecule has 0 aliphatic rings. The quantitative estimate of drug-likeness (QED) is 0.755. The molecule has 1 atom stereocenters. The highest BCUT2D eigenvalue weighted by molar-refractivity contribution is 7.17. The standard InChI is InChI=1S/C17H18ClN3O4S/c1-8(2)12(14(22)21-17(19)24)25-16(23)13-9(3)20-15(26-13)10-5-4-6-11(18)7-10/h4-8,12H,1-3H3,(H3,19,21,22,24)/t12-/m1/s1. The first-order valence-corrected chi connectivity index (χ1v) is 8.93. The highest BCUT2D eigenvalue weighted by Crippen LogP contribution is 2.30. The number of urea groups is 1. The third-order valence-electron chi connectivity index (χ3n) is 3.40. The molecular formula is C17H18ClN3O4S. The molecule has 1 aromatic heterocycles. The molecule has 7 nitrogen and oxygen atoms in total. The Balaban J connectivity index is 2.23. The van der Waals surface area contributed by atoms with E-state index < -0.39 is 24.0 Å². The molecule has 1 heterocycles. The first kappa shape index (κ1) is 19.9. The number of rotatable bonds is 5. The number of thiazole rings is 1. The van der Waals surface area contributed by atoms with Crippen LogP contribution in [0.5, 0.6) is 0 Å². The van der Waals surface area contributed by atoms with Crippen molar-refractivity contribution in [2.24, 2.45) is 11.7 Å². The molecule has 0 aliphatic carbocycles. The Morgan fingerprint density at radius 1 is 1.31 bits per heavy atom. The van der Waals surface area contributed by atoms with Gasteiger partial charge in [-0.25, -0.2) is 14.6 Å². The van der Waals surface area contributed by atoms with Gasteiger partial charge in [-0.2, -0.15) is 0 Å². The SMILES string of the molecule is Cc1nc(-c2cccc(Cl)c2)sc1C(=O)O[C@@H](C(=O)NC(N)=O)C(C)C. The summed E-state index contributed by atoms with van der Waals surface area (Å²) in [5.41, 5.74) is 6.20. The van der Waals surface area contributed by atoms with Gasteiger partial charge in [-0.05, 0) is 25.0 Å². The predicted molar refractivity (Wildman–Crippen MR) is 99.1 cm³/mol. The number of carbonyl (C=O) groups excluding carboxylic acids is 3. The Kier molecular flexibility index (Phi) is 6.33. The van der Waals surface area contributed by atoms with E-state index in [2.05, 4.69) is 4.98 Å². The number of hydrogen-bond acceptors (Lipinski definition) is 6. The third kappa shape index (κ3) is 4.80. The van der Waals surface area contributed by atoms with Crippen LogP contribution in [0.1, 0.15) is 29.2 Å². The van der Waals surface area contributed by atoms with E-state index in [0.29, 0.717) is 15.7 Å². The van der Waals surface area contributed by atoms with Gasteiger partial charge in [-0.1, -0.05) is 37.6 Å². The Bertz CT molecular complexity index is 850. The number of hydrogen-bond donors (Lipinski definition) is 2. The lowest BCUT2D eigenvalue weighted by molar-refractivity contribution is -0.130. The van der Waals surface area contributed by atoms with Gasteiger partial charge in [0, 0.05) is 10.6 Å². The molecule has 0 saturated heterocycles. The van der Waals surface area contributed by atoms with Crippen LogP contribution in [0.2, 0.25) is 5.02 Å². The van der Waals surface area contributed by atoms with Crippen molar-refractivity contribution in [2.45, 2.75) is 26.9 Å². The summed E-state index contributed by atoms with van der Waals surface area (Å²) in [6.45, 7) is 5.06. The lowest BCUT2D eigenvalue weighted by Gasteiger charge is -2.19. The number of nitrogens with one attached hydrogen (secondary N) is 1. The molecule has 3 N–H and O–H groups in total. The van der Waals surface area contributed by atoms with Crippen LogP contribution in [0.25, 0.3) is 10.6 Å². The molecule has 0 radical (unpaired) electrons. The van der Waals surface area contributed by atoms with Gasteiger partial charge < -0.3 is 10.5 Å². The molecule has 9 heteroatoms. The Hall–Kier alpha value is -2.45. The number of carbonyl (C=O) groups is 3. The van der Waals surface area contributed by atoms with Crippen LogP contribution in [0.4, 0.5) is 4.79 Å². The normalized spacial score (nSPS) is 11.9. The van der Waals surface area contributed by atoms with Crippen LogP contribution >= 0.6 is 22.9 Å². The molecule has 0 aliphatic heterocycles. The van der Waals surface area contributed by atoms with Crippen molar-refractivity contribution in [3.63, 3.8) is 0 Å². The van der Waals surface area contributed by atoms with Gasteiger partial charge >= 0.3 is 12.0 Å². The van der Waals surface area contributed by atoms with Gasteiger partial charge in [0.25, 0.3) is 5.91 Å². The largest absolute Gasteiger partial charge is 0.448 e. The summed E-state index contributed by atoms with van der Waals surface area (Å²) in [5, 5.41) is 3.10. The van der Waals surface area contributed by atoms with E-state index in [-0.39, 0.29) is 10.8 Å². The van der Waals surface area contributed by atoms with Gasteiger partial charge in [-0.3, -0.25) is 10.1 Å². The number of aromatic nitrogens is 1. The molecule has 1 aromatic carbocycles. The van der Waals surface area contributed by atoms with Gasteiger partial charge in [0.05, 0.1) is 5.69 Å². The number of benzene rings is 1. The summed E-state index contributed by atoms with van der Waals surface area (Å²) < 4.78 is 5.30. The molecular weight excluding hydrogens is 378 g/mol. The average molecular weight is 396 g/mol. The number of halogens is 1. The molecule has 0 unspecified atom stereocenters. The van der Waals surface area contributed by atoms with Crippen molar-refractivity contribution >= 4 is 40.8 Å². The second-order valence-corrected chi connectivity index (χ2v) is 7.30. The van der Waals surface area contributed by atoms with Gasteiger partial charge in [0.2, 0.25) is 0 Å². The number of nitrogens with zero attached hydrogens (tertiary/aromatic N) is 1. The highest BCUT2D eigenvalue weighted by atomic mass is 35.5. The zero-order valence-corrected chi connectivity index (χ0v) is 16.0. The van der Waals surface area contributed by atoms with Crippen LogP contribution in [0, 0.1) is 12.8 Å². The summed E-state index contributed by atoms with van der Waals surface area (Å²) in [7, 11) is 0. The monoisotopic (exact) mass is 395 g/mol. The number of amides is 3. The average Bonchev–Trinajstić information content (AvgIpc) is 2.93. The van der Waals surface area contributed by atoms with Crippen LogP contribution in [0.15, 0.2) is 24.3 Å². The Labute approximate surface area is 159 Å². The van der Waals surface area contributed by atoms with Gasteiger partial charge in [0.1, 0.15) is 9.88 Å². The third-order valence-corrected chi connectivity index (χ3v) is 4.82. The predicted octanol–water partition coefficient (Wildman–Crippen LogP) is 3.15. The summed E-state index contributed by atoms with van der Waals surface area (Å²) >= 11 is 7.13. The fourth-order valence-corrected chi connectivity index (χ4v) is 3.32. The summed E-state index contributed by atoms with van der Waals surface area (Å²) in [5.74, 6) is -1.80. The molecule has 0 saturated carbocycles. The van der Waals surface area contributed by atoms with Crippen LogP contribution in [0.3, 0.4) is 0 Å². The maximum atomic E-state index is 12.5. The van der Waals surface area contributed by atoms with E-state index in [9.17, 15) is 14.4 Å². The van der Waals surface area contributed by atoms with Crippen molar-refractivity contribution in [1.82, 2.24) is 10.3 Å². The van der Waals surface area contributed by atoms with E-state index in [1.165, 1.54) is 0 Å². The number of nitrogens with two attached hydrogens (primary N) is 1. The first-order chi connectivity index (χ1) is 12.2. The highest BCUT2D eigenvalue weighted by Gasteiger charge is 2.29. The summed E-state index contributed by atoms with van der Waals surface area (Å²) in [6, 6.07) is 6.09. The molecule has 138 valence electrons. The second-order valence-electron chi connectivity index (χ2n) is 5.87. The lowest BCUT2D eigenvalue weighted by atomic mass is 10.1. The van der Waals surface area contributed by atoms with E-state index in [4.69, 9.17) is 22.1 Å². The van der Waals surface area contributed by atoms with E-state index in [1.807, 2.05) is 11.4 Å². The molecule has 0 fully saturated rings. The molecule has 2 rings (SSSR count). The smallest absolute Gasteiger partial charge is 0.351 e. The summed E-state index contributed by atoms with van der Waals surface area (Å²) in [4.78, 5) is 40.0. The van der Waals surface area contributed by atoms with Gasteiger partial charge in [0.15, 0.2) is 6.10 Å². The van der Waals surface area contributed by atoms with Crippen molar-refractivity contribution in [1.29, 1.82) is 0 Å². The van der Waals surface area contributed by atoms with Gasteiger partial charge in [-0.15, -0.1) is 11.3 Å². The van der Waals surface area contributed by atoms with Crippen LogP contribution < -0.4 is 11.1 Å². The topological polar surface area (TPSA) is 111 Å². The molecule has 26 heavy (non-hydrogen) atoms. The van der Waals surface area contributed by atoms with Crippen molar-refractivity contribution < 1.29 is 19.1 Å². The maximum Gasteiger partial charge on any atom is 0.351 e. The van der Waals surface area contributed by atoms with Crippen LogP contribution in [-0.4, -0.2) is 29.0 Å². The number of ether oxygens (including phenoxy) is 1. The minimum atomic E-state index is -1.15. The fourth-order valence-electron chi connectivity index (χ4n) is 2.18. The van der Waals surface area contributed by atoms with Crippen molar-refractivity contribution in [2.75, 3.05) is 0 Å². The minimum absolute atomic E-state index is 0.275. The minimum Gasteiger partial charge on any atom is -0.448 e. The van der Waals surface area contributed by atoms with E-state index >= 15 is 0 Å². The number of esters is 1. The molecule has 0 spiro atoms. The van der Waals surface area contributed by atoms with Crippen molar-refractivity contribution in [3.8, 4) is 10.6 Å². The lowest BCUT2D eigenvalue weighted by Crippen LogP contribution is -2.45. The maximum absolute atomic E-state index is 12.5. The Morgan fingerprint density at radius 2 is 2.00 bits per heavy atom. The number of imide groups is 1. The zero-order valence-electron chi connectivity index (χ0n) is 14.4. The van der Waals surface area contributed by atoms with E-state index in [0.717, 1.165) is 16.9 Å². The zero-order chi connectivity index (χ0) is 19.4. The summed E-state index contributed by atoms with van der Waals surface area (Å²) in [6.07, 6.45) is -1.15. The fraction of sp³-hybridized carbons (Fsp3) is 0.294. The van der Waals surface area contributed by atoms with E-state index in [1.54, 1.807) is 39.0 Å². The van der Waals surface area contributed by atoms with Crippen LogP contribution in [-0.2, 0) is 9.53 Å². The molecule has 2 aromatic rings. The molecule has 0 bridgehead atoms. The number of primary amides is 1. The van der Waals surface area contributed by atoms with Crippen molar-refractivity contribution in [3.05, 3.63) is 39.9 Å². The Morgan fingerprint density at radius 3 is 2.58 bits per heavy atom.